The van der Waals surface area contributed by atoms with Gasteiger partial charge in [-0.25, -0.2) is 4.98 Å². The van der Waals surface area contributed by atoms with Crippen molar-refractivity contribution in [1.29, 1.82) is 0 Å². The summed E-state index contributed by atoms with van der Waals surface area (Å²) < 4.78 is 5.94. The summed E-state index contributed by atoms with van der Waals surface area (Å²) in [5.74, 6) is 3.00. The molecule has 21 heavy (non-hydrogen) atoms. The van der Waals surface area contributed by atoms with Crippen molar-refractivity contribution >= 4 is 5.82 Å². The lowest BCUT2D eigenvalue weighted by atomic mass is 9.95. The number of rotatable bonds is 4. The lowest BCUT2D eigenvalue weighted by Crippen LogP contribution is -2.18. The van der Waals surface area contributed by atoms with Crippen molar-refractivity contribution in [3.63, 3.8) is 0 Å². The number of hydrogen-bond donors (Lipinski definition) is 1. The van der Waals surface area contributed by atoms with Gasteiger partial charge in [0.2, 0.25) is 5.88 Å². The summed E-state index contributed by atoms with van der Waals surface area (Å²) in [6.07, 6.45) is 0. The molecule has 0 aliphatic heterocycles. The number of nitrogens with zero attached hydrogens (tertiary/aromatic N) is 2. The predicted octanol–water partition coefficient (Wildman–Crippen LogP) is 4.31. The van der Waals surface area contributed by atoms with Crippen LogP contribution in [0.4, 0.5) is 5.82 Å². The van der Waals surface area contributed by atoms with Crippen LogP contribution in [0, 0.1) is 6.92 Å². The van der Waals surface area contributed by atoms with E-state index in [-0.39, 0.29) is 5.41 Å². The molecule has 0 radical (unpaired) electrons. The second-order valence-corrected chi connectivity index (χ2v) is 6.02. The van der Waals surface area contributed by atoms with Crippen molar-refractivity contribution < 1.29 is 4.74 Å². The molecule has 0 aliphatic carbocycles. The fourth-order valence-electron chi connectivity index (χ4n) is 1.87. The highest BCUT2D eigenvalue weighted by atomic mass is 16.5. The quantitative estimate of drug-likeness (QED) is 0.909. The molecule has 1 aromatic carbocycles. The molecule has 0 aliphatic rings. The Morgan fingerprint density at radius 3 is 2.33 bits per heavy atom. The van der Waals surface area contributed by atoms with Crippen LogP contribution in [0.3, 0.4) is 0 Å². The maximum absolute atomic E-state index is 5.94. The Kier molecular flexibility index (Phi) is 4.46. The van der Waals surface area contributed by atoms with Crippen LogP contribution < -0.4 is 10.1 Å². The standard InChI is InChI=1S/C17H23N3O/c1-6-18-14-12(2)15(20-16(19-14)17(3,4)5)21-13-10-8-7-9-11-13/h7-11H,6H2,1-5H3,(H,18,19,20). The number of anilines is 1. The van der Waals surface area contributed by atoms with E-state index < -0.39 is 0 Å². The average Bonchev–Trinajstić information content (AvgIpc) is 2.43. The third kappa shape index (κ3) is 3.72. The summed E-state index contributed by atoms with van der Waals surface area (Å²) in [5.41, 5.74) is 0.792. The molecule has 0 spiro atoms. The number of ether oxygens (including phenoxy) is 1. The molecule has 0 unspecified atom stereocenters. The molecule has 1 heterocycles. The fourth-order valence-corrected chi connectivity index (χ4v) is 1.87. The van der Waals surface area contributed by atoms with E-state index in [0.29, 0.717) is 5.88 Å². The number of nitrogens with one attached hydrogen (secondary N) is 1. The van der Waals surface area contributed by atoms with Crippen LogP contribution in [-0.2, 0) is 5.41 Å². The Hall–Kier alpha value is -2.10. The van der Waals surface area contributed by atoms with Crippen LogP contribution in [-0.4, -0.2) is 16.5 Å². The predicted molar refractivity (Wildman–Crippen MR) is 86.1 cm³/mol. The zero-order valence-electron chi connectivity index (χ0n) is 13.4. The Balaban J connectivity index is 2.45. The van der Waals surface area contributed by atoms with Gasteiger partial charge in [0.15, 0.2) is 0 Å². The molecule has 4 nitrogen and oxygen atoms in total. The Morgan fingerprint density at radius 2 is 1.76 bits per heavy atom. The maximum atomic E-state index is 5.94. The highest BCUT2D eigenvalue weighted by Crippen LogP contribution is 2.30. The summed E-state index contributed by atoms with van der Waals surface area (Å²) in [6.45, 7) is 11.1. The molecule has 0 fully saturated rings. The van der Waals surface area contributed by atoms with Gasteiger partial charge in [0.05, 0.1) is 5.56 Å². The minimum absolute atomic E-state index is 0.132. The maximum Gasteiger partial charge on any atom is 0.227 e. The molecule has 112 valence electrons. The van der Waals surface area contributed by atoms with Gasteiger partial charge >= 0.3 is 0 Å². The van der Waals surface area contributed by atoms with Gasteiger partial charge in [-0.15, -0.1) is 0 Å². The lowest BCUT2D eigenvalue weighted by molar-refractivity contribution is 0.442. The molecule has 1 N–H and O–H groups in total. The summed E-state index contributed by atoms with van der Waals surface area (Å²) in [6, 6.07) is 9.70. The Labute approximate surface area is 126 Å². The highest BCUT2D eigenvalue weighted by molar-refractivity contribution is 5.50. The first-order valence-corrected chi connectivity index (χ1v) is 7.27. The minimum Gasteiger partial charge on any atom is -0.439 e. The number of aromatic nitrogens is 2. The van der Waals surface area contributed by atoms with Crippen LogP contribution in [0.2, 0.25) is 0 Å². The molecular weight excluding hydrogens is 262 g/mol. The molecule has 2 rings (SSSR count). The highest BCUT2D eigenvalue weighted by Gasteiger charge is 2.22. The normalized spacial score (nSPS) is 11.3. The number of para-hydroxylation sites is 1. The van der Waals surface area contributed by atoms with E-state index in [4.69, 9.17) is 4.74 Å². The van der Waals surface area contributed by atoms with Gasteiger partial charge in [-0.1, -0.05) is 39.0 Å². The molecule has 2 aromatic rings. The molecule has 0 amide bonds. The minimum atomic E-state index is -0.132. The molecular formula is C17H23N3O. The van der Waals surface area contributed by atoms with E-state index in [1.54, 1.807) is 0 Å². The molecule has 0 saturated carbocycles. The fraction of sp³-hybridized carbons (Fsp3) is 0.412. The summed E-state index contributed by atoms with van der Waals surface area (Å²) in [4.78, 5) is 9.24. The van der Waals surface area contributed by atoms with Crippen LogP contribution in [0.1, 0.15) is 39.1 Å². The molecule has 4 heteroatoms. The Bertz CT molecular complexity index is 603. The van der Waals surface area contributed by atoms with Crippen LogP contribution in [0.25, 0.3) is 0 Å². The zero-order chi connectivity index (χ0) is 15.5. The lowest BCUT2D eigenvalue weighted by Gasteiger charge is -2.20. The third-order valence-corrected chi connectivity index (χ3v) is 3.07. The second kappa shape index (κ2) is 6.12. The molecule has 1 aromatic heterocycles. The number of benzene rings is 1. The smallest absolute Gasteiger partial charge is 0.227 e. The largest absolute Gasteiger partial charge is 0.439 e. The first kappa shape index (κ1) is 15.3. The van der Waals surface area contributed by atoms with Gasteiger partial charge in [0, 0.05) is 12.0 Å². The van der Waals surface area contributed by atoms with Crippen LogP contribution in [0.5, 0.6) is 11.6 Å². The molecule has 0 saturated heterocycles. The van der Waals surface area contributed by atoms with E-state index in [2.05, 4.69) is 43.0 Å². The van der Waals surface area contributed by atoms with Crippen molar-refractivity contribution in [3.05, 3.63) is 41.7 Å². The van der Waals surface area contributed by atoms with E-state index in [1.807, 2.05) is 37.3 Å². The van der Waals surface area contributed by atoms with E-state index in [9.17, 15) is 0 Å². The van der Waals surface area contributed by atoms with Crippen molar-refractivity contribution in [2.45, 2.75) is 40.0 Å². The first-order chi connectivity index (χ1) is 9.91. The second-order valence-electron chi connectivity index (χ2n) is 6.02. The topological polar surface area (TPSA) is 47.0 Å². The van der Waals surface area contributed by atoms with Crippen molar-refractivity contribution in [2.24, 2.45) is 0 Å². The van der Waals surface area contributed by atoms with Gasteiger partial charge in [-0.2, -0.15) is 4.98 Å². The van der Waals surface area contributed by atoms with Crippen molar-refractivity contribution in [1.82, 2.24) is 9.97 Å². The Morgan fingerprint density at radius 1 is 1.10 bits per heavy atom. The van der Waals surface area contributed by atoms with E-state index >= 15 is 0 Å². The zero-order valence-corrected chi connectivity index (χ0v) is 13.4. The van der Waals surface area contributed by atoms with Crippen molar-refractivity contribution in [3.8, 4) is 11.6 Å². The van der Waals surface area contributed by atoms with Gasteiger partial charge in [0.1, 0.15) is 17.4 Å². The van der Waals surface area contributed by atoms with Gasteiger partial charge < -0.3 is 10.1 Å². The van der Waals surface area contributed by atoms with E-state index in [1.165, 1.54) is 0 Å². The van der Waals surface area contributed by atoms with Crippen LogP contribution in [0.15, 0.2) is 30.3 Å². The van der Waals surface area contributed by atoms with Gasteiger partial charge in [0.25, 0.3) is 0 Å². The van der Waals surface area contributed by atoms with Gasteiger partial charge in [-0.3, -0.25) is 0 Å². The van der Waals surface area contributed by atoms with Crippen molar-refractivity contribution in [2.75, 3.05) is 11.9 Å². The molecule has 0 atom stereocenters. The third-order valence-electron chi connectivity index (χ3n) is 3.07. The van der Waals surface area contributed by atoms with E-state index in [0.717, 1.165) is 29.5 Å². The monoisotopic (exact) mass is 285 g/mol. The van der Waals surface area contributed by atoms with Gasteiger partial charge in [-0.05, 0) is 26.0 Å². The first-order valence-electron chi connectivity index (χ1n) is 7.27. The average molecular weight is 285 g/mol. The summed E-state index contributed by atoms with van der Waals surface area (Å²) in [5, 5.41) is 3.28. The molecule has 0 bridgehead atoms. The summed E-state index contributed by atoms with van der Waals surface area (Å²) >= 11 is 0. The summed E-state index contributed by atoms with van der Waals surface area (Å²) in [7, 11) is 0. The SMILES string of the molecule is CCNc1nc(C(C)(C)C)nc(Oc2ccccc2)c1C. The number of hydrogen-bond acceptors (Lipinski definition) is 4. The van der Waals surface area contributed by atoms with Crippen LogP contribution >= 0.6 is 0 Å².